The van der Waals surface area contributed by atoms with E-state index in [1.165, 1.54) is 7.11 Å². The van der Waals surface area contributed by atoms with Crippen molar-refractivity contribution in [3.8, 4) is 5.75 Å². The standard InChI is InChI=1S/C22H27N3O3/c1-14-13-15(21(26)24-17-10-8-16(23)9-11-17)7-12-19(14)25-22(27)18-5-3-4-6-20(18)28-2/h3-7,12-13,16-17H,8-11,23H2,1-2H3,(H,24,26)(H,25,27). The van der Waals surface area contributed by atoms with Gasteiger partial charge in [0.15, 0.2) is 0 Å². The predicted octanol–water partition coefficient (Wildman–Crippen LogP) is 3.26. The molecule has 0 atom stereocenters. The molecule has 0 spiro atoms. The van der Waals surface area contributed by atoms with Gasteiger partial charge in [-0.3, -0.25) is 9.59 Å². The van der Waals surface area contributed by atoms with Crippen molar-refractivity contribution in [3.63, 3.8) is 0 Å². The fourth-order valence-corrected chi connectivity index (χ4v) is 3.50. The SMILES string of the molecule is COc1ccccc1C(=O)Nc1ccc(C(=O)NC2CCC(N)CC2)cc1C. The lowest BCUT2D eigenvalue weighted by atomic mass is 9.91. The predicted molar refractivity (Wildman–Crippen MR) is 110 cm³/mol. The number of hydrogen-bond acceptors (Lipinski definition) is 4. The Morgan fingerprint density at radius 2 is 1.75 bits per heavy atom. The Hall–Kier alpha value is -2.86. The van der Waals surface area contributed by atoms with Crippen LogP contribution in [0.25, 0.3) is 0 Å². The summed E-state index contributed by atoms with van der Waals surface area (Å²) in [5, 5.41) is 5.97. The molecule has 1 fully saturated rings. The van der Waals surface area contributed by atoms with Gasteiger partial charge in [-0.15, -0.1) is 0 Å². The number of anilines is 1. The summed E-state index contributed by atoms with van der Waals surface area (Å²) in [6, 6.07) is 12.8. The second kappa shape index (κ2) is 8.89. The summed E-state index contributed by atoms with van der Waals surface area (Å²) in [4.78, 5) is 25.1. The van der Waals surface area contributed by atoms with Crippen LogP contribution in [0.4, 0.5) is 5.69 Å². The van der Waals surface area contributed by atoms with E-state index in [9.17, 15) is 9.59 Å². The average Bonchev–Trinajstić information content (AvgIpc) is 2.71. The molecule has 0 saturated heterocycles. The Morgan fingerprint density at radius 3 is 2.43 bits per heavy atom. The third kappa shape index (κ3) is 4.70. The normalized spacial score (nSPS) is 19.0. The van der Waals surface area contributed by atoms with Crippen molar-refractivity contribution in [2.24, 2.45) is 5.73 Å². The zero-order chi connectivity index (χ0) is 20.1. The molecule has 0 aliphatic heterocycles. The van der Waals surface area contributed by atoms with E-state index in [2.05, 4.69) is 10.6 Å². The van der Waals surface area contributed by atoms with E-state index >= 15 is 0 Å². The first-order chi connectivity index (χ1) is 13.5. The minimum Gasteiger partial charge on any atom is -0.496 e. The maximum atomic E-state index is 12.6. The van der Waals surface area contributed by atoms with Gasteiger partial charge < -0.3 is 21.1 Å². The highest BCUT2D eigenvalue weighted by atomic mass is 16.5. The number of carbonyl (C=O) groups excluding carboxylic acids is 2. The van der Waals surface area contributed by atoms with Crippen LogP contribution in [0.1, 0.15) is 52.0 Å². The number of nitrogens with one attached hydrogen (secondary N) is 2. The quantitative estimate of drug-likeness (QED) is 0.741. The topological polar surface area (TPSA) is 93.4 Å². The minimum atomic E-state index is -0.253. The Bertz CT molecular complexity index is 858. The number of para-hydroxylation sites is 1. The smallest absolute Gasteiger partial charge is 0.259 e. The van der Waals surface area contributed by atoms with Crippen LogP contribution in [0, 0.1) is 6.92 Å². The van der Waals surface area contributed by atoms with Gasteiger partial charge in [-0.1, -0.05) is 12.1 Å². The van der Waals surface area contributed by atoms with Crippen LogP contribution in [0.2, 0.25) is 0 Å². The number of nitrogens with two attached hydrogens (primary N) is 1. The molecule has 2 aromatic carbocycles. The number of methoxy groups -OCH3 is 1. The molecular weight excluding hydrogens is 354 g/mol. The summed E-state index contributed by atoms with van der Waals surface area (Å²) in [6.07, 6.45) is 3.72. The Balaban J connectivity index is 1.66. The van der Waals surface area contributed by atoms with Gasteiger partial charge in [0.1, 0.15) is 5.75 Å². The molecule has 1 aliphatic carbocycles. The molecule has 4 N–H and O–H groups in total. The van der Waals surface area contributed by atoms with Crippen molar-refractivity contribution >= 4 is 17.5 Å². The lowest BCUT2D eigenvalue weighted by molar-refractivity contribution is 0.0925. The fourth-order valence-electron chi connectivity index (χ4n) is 3.50. The Kier molecular flexibility index (Phi) is 6.31. The van der Waals surface area contributed by atoms with Crippen LogP contribution in [-0.2, 0) is 0 Å². The number of amides is 2. The second-order valence-electron chi connectivity index (χ2n) is 7.27. The number of benzene rings is 2. The van der Waals surface area contributed by atoms with Crippen LogP contribution in [-0.4, -0.2) is 31.0 Å². The molecule has 0 bridgehead atoms. The summed E-state index contributed by atoms with van der Waals surface area (Å²) >= 11 is 0. The van der Waals surface area contributed by atoms with E-state index in [-0.39, 0.29) is 23.9 Å². The molecule has 2 aromatic rings. The summed E-state index contributed by atoms with van der Waals surface area (Å²) in [5.74, 6) is 0.170. The summed E-state index contributed by atoms with van der Waals surface area (Å²) in [7, 11) is 1.53. The highest BCUT2D eigenvalue weighted by Crippen LogP contribution is 2.22. The summed E-state index contributed by atoms with van der Waals surface area (Å²) in [6.45, 7) is 1.87. The van der Waals surface area contributed by atoms with Crippen LogP contribution in [0.5, 0.6) is 5.75 Å². The number of hydrogen-bond donors (Lipinski definition) is 3. The Labute approximate surface area is 165 Å². The van der Waals surface area contributed by atoms with Crippen molar-refractivity contribution in [2.75, 3.05) is 12.4 Å². The molecule has 1 aliphatic rings. The zero-order valence-electron chi connectivity index (χ0n) is 16.3. The van der Waals surface area contributed by atoms with Crippen LogP contribution >= 0.6 is 0 Å². The molecule has 6 nitrogen and oxygen atoms in total. The van der Waals surface area contributed by atoms with Gasteiger partial charge in [-0.25, -0.2) is 0 Å². The first-order valence-electron chi connectivity index (χ1n) is 9.59. The molecular formula is C22H27N3O3. The molecule has 148 valence electrons. The van der Waals surface area contributed by atoms with E-state index < -0.39 is 0 Å². The molecule has 0 aromatic heterocycles. The molecule has 0 unspecified atom stereocenters. The van der Waals surface area contributed by atoms with Gasteiger partial charge in [0, 0.05) is 23.3 Å². The first kappa shape index (κ1) is 19.9. The van der Waals surface area contributed by atoms with Gasteiger partial charge in [0.2, 0.25) is 0 Å². The highest BCUT2D eigenvalue weighted by Gasteiger charge is 2.21. The van der Waals surface area contributed by atoms with Gasteiger partial charge >= 0.3 is 0 Å². The van der Waals surface area contributed by atoms with E-state index in [0.29, 0.717) is 22.6 Å². The monoisotopic (exact) mass is 381 g/mol. The maximum Gasteiger partial charge on any atom is 0.259 e. The molecule has 0 heterocycles. The van der Waals surface area contributed by atoms with Gasteiger partial charge in [0.05, 0.1) is 12.7 Å². The first-order valence-corrected chi connectivity index (χ1v) is 9.59. The number of aryl methyl sites for hydroxylation is 1. The summed E-state index contributed by atoms with van der Waals surface area (Å²) in [5.41, 5.74) is 8.45. The van der Waals surface area contributed by atoms with E-state index in [0.717, 1.165) is 31.2 Å². The number of rotatable bonds is 5. The molecule has 6 heteroatoms. The van der Waals surface area contributed by atoms with E-state index in [4.69, 9.17) is 10.5 Å². The van der Waals surface area contributed by atoms with Crippen molar-refractivity contribution in [3.05, 3.63) is 59.2 Å². The molecule has 28 heavy (non-hydrogen) atoms. The third-order valence-electron chi connectivity index (χ3n) is 5.20. The lowest BCUT2D eigenvalue weighted by Gasteiger charge is -2.26. The van der Waals surface area contributed by atoms with E-state index in [1.807, 2.05) is 13.0 Å². The van der Waals surface area contributed by atoms with Crippen LogP contribution in [0.15, 0.2) is 42.5 Å². The fraction of sp³-hybridized carbons (Fsp3) is 0.364. The van der Waals surface area contributed by atoms with Crippen LogP contribution < -0.4 is 21.1 Å². The molecule has 2 amide bonds. The maximum absolute atomic E-state index is 12.6. The lowest BCUT2D eigenvalue weighted by Crippen LogP contribution is -2.40. The summed E-state index contributed by atoms with van der Waals surface area (Å²) < 4.78 is 5.24. The van der Waals surface area contributed by atoms with Crippen LogP contribution in [0.3, 0.4) is 0 Å². The van der Waals surface area contributed by atoms with Crippen molar-refractivity contribution in [1.82, 2.24) is 5.32 Å². The zero-order valence-corrected chi connectivity index (χ0v) is 16.3. The average molecular weight is 381 g/mol. The highest BCUT2D eigenvalue weighted by molar-refractivity contribution is 6.06. The number of carbonyl (C=O) groups is 2. The third-order valence-corrected chi connectivity index (χ3v) is 5.20. The van der Waals surface area contributed by atoms with Gasteiger partial charge in [0.25, 0.3) is 11.8 Å². The van der Waals surface area contributed by atoms with Crippen molar-refractivity contribution in [1.29, 1.82) is 0 Å². The second-order valence-corrected chi connectivity index (χ2v) is 7.27. The minimum absolute atomic E-state index is 0.0915. The Morgan fingerprint density at radius 1 is 1.04 bits per heavy atom. The molecule has 1 saturated carbocycles. The number of ether oxygens (including phenoxy) is 1. The molecule has 0 radical (unpaired) electrons. The van der Waals surface area contributed by atoms with Crippen molar-refractivity contribution in [2.45, 2.75) is 44.7 Å². The molecule has 3 rings (SSSR count). The van der Waals surface area contributed by atoms with Gasteiger partial charge in [-0.2, -0.15) is 0 Å². The van der Waals surface area contributed by atoms with Gasteiger partial charge in [-0.05, 0) is 68.5 Å². The van der Waals surface area contributed by atoms with E-state index in [1.54, 1.807) is 36.4 Å². The largest absolute Gasteiger partial charge is 0.496 e. The van der Waals surface area contributed by atoms with Crippen molar-refractivity contribution < 1.29 is 14.3 Å².